The molecule has 1 saturated heterocycles. The first-order valence-corrected chi connectivity index (χ1v) is 9.99. The number of hydrogen-bond donors (Lipinski definition) is 0. The molecule has 5 nitrogen and oxygen atoms in total. The van der Waals surface area contributed by atoms with E-state index in [-0.39, 0.29) is 18.2 Å². The molecule has 7 heteroatoms. The molecule has 1 aromatic carbocycles. The van der Waals surface area contributed by atoms with Crippen LogP contribution in [0.5, 0.6) is 0 Å². The van der Waals surface area contributed by atoms with E-state index in [1.807, 2.05) is 43.3 Å². The molecule has 0 saturated carbocycles. The molecule has 0 radical (unpaired) electrons. The third-order valence-corrected chi connectivity index (χ3v) is 6.27. The molecule has 2 aromatic rings. The molecule has 0 spiro atoms. The third kappa shape index (κ3) is 3.04. The fraction of sp³-hybridized carbons (Fsp3) is 0.263. The lowest BCUT2D eigenvalue weighted by atomic mass is 9.91. The zero-order valence-electron chi connectivity index (χ0n) is 14.1. The number of carbonyl (C=O) groups excluding carboxylic acids is 1. The van der Waals surface area contributed by atoms with Gasteiger partial charge in [-0.05, 0) is 43.3 Å². The highest BCUT2D eigenvalue weighted by atomic mass is 79.9. The smallest absolute Gasteiger partial charge is 0.230 e. The number of aryl methyl sites for hydroxylation is 1. The minimum absolute atomic E-state index is 0.0207. The summed E-state index contributed by atoms with van der Waals surface area (Å²) in [6.07, 6.45) is 0.258. The quantitative estimate of drug-likeness (QED) is 0.699. The Kier molecular flexibility index (Phi) is 4.55. The molecule has 0 aliphatic carbocycles. The number of thioether (sulfide) groups is 1. The summed E-state index contributed by atoms with van der Waals surface area (Å²) in [7, 11) is 0. The summed E-state index contributed by atoms with van der Waals surface area (Å²) >= 11 is 4.97. The maximum atomic E-state index is 12.8. The van der Waals surface area contributed by atoms with Crippen LogP contribution in [0.3, 0.4) is 0 Å². The molecule has 26 heavy (non-hydrogen) atoms. The number of nitriles is 1. The van der Waals surface area contributed by atoms with E-state index in [4.69, 9.17) is 4.42 Å². The number of hydrogen-bond acceptors (Lipinski definition) is 5. The van der Waals surface area contributed by atoms with Crippen LogP contribution in [0.15, 0.2) is 55.9 Å². The average molecular weight is 430 g/mol. The molecule has 0 bridgehead atoms. The Morgan fingerprint density at radius 2 is 2.04 bits per heavy atom. The van der Waals surface area contributed by atoms with E-state index < -0.39 is 0 Å². The molecular weight excluding hydrogens is 414 g/mol. The van der Waals surface area contributed by atoms with Gasteiger partial charge in [0.15, 0.2) is 0 Å². The van der Waals surface area contributed by atoms with Crippen LogP contribution < -0.4 is 4.90 Å². The highest BCUT2D eigenvalue weighted by Gasteiger charge is 2.39. The predicted molar refractivity (Wildman–Crippen MR) is 104 cm³/mol. The molecule has 0 unspecified atom stereocenters. The van der Waals surface area contributed by atoms with Gasteiger partial charge in [0.2, 0.25) is 5.91 Å². The van der Waals surface area contributed by atoms with E-state index in [0.717, 1.165) is 20.9 Å². The first-order valence-electron chi connectivity index (χ1n) is 8.21. The van der Waals surface area contributed by atoms with Crippen molar-refractivity contribution < 1.29 is 9.21 Å². The van der Waals surface area contributed by atoms with Gasteiger partial charge < -0.3 is 9.32 Å². The molecule has 1 amide bonds. The Morgan fingerprint density at radius 3 is 2.69 bits per heavy atom. The number of rotatable bonds is 2. The third-order valence-electron chi connectivity index (χ3n) is 4.59. The van der Waals surface area contributed by atoms with Crippen molar-refractivity contribution in [1.82, 2.24) is 4.90 Å². The van der Waals surface area contributed by atoms with Gasteiger partial charge in [0.25, 0.3) is 0 Å². The molecule has 1 fully saturated rings. The number of halogens is 1. The second-order valence-corrected chi connectivity index (χ2v) is 8.14. The van der Waals surface area contributed by atoms with E-state index in [0.29, 0.717) is 23.9 Å². The summed E-state index contributed by atoms with van der Waals surface area (Å²) < 4.78 is 6.72. The number of furan rings is 1. The van der Waals surface area contributed by atoms with Crippen molar-refractivity contribution in [2.24, 2.45) is 0 Å². The minimum atomic E-state index is -0.292. The highest BCUT2D eigenvalue weighted by molar-refractivity contribution is 9.10. The lowest BCUT2D eigenvalue weighted by Gasteiger charge is -2.41. The topological polar surface area (TPSA) is 60.5 Å². The molecule has 3 heterocycles. The summed E-state index contributed by atoms with van der Waals surface area (Å²) in [5, 5.41) is 10.5. The van der Waals surface area contributed by atoms with Crippen LogP contribution in [0.2, 0.25) is 0 Å². The van der Waals surface area contributed by atoms with Crippen LogP contribution in [-0.4, -0.2) is 23.4 Å². The van der Waals surface area contributed by atoms with E-state index in [1.54, 1.807) is 4.90 Å². The fourth-order valence-corrected chi connectivity index (χ4v) is 4.69. The van der Waals surface area contributed by atoms with Gasteiger partial charge >= 0.3 is 0 Å². The van der Waals surface area contributed by atoms with Crippen molar-refractivity contribution in [2.75, 3.05) is 17.4 Å². The second kappa shape index (κ2) is 6.86. The van der Waals surface area contributed by atoms with Gasteiger partial charge in [0.1, 0.15) is 11.5 Å². The molecular formula is C19H16BrN3O2S. The molecule has 4 rings (SSSR count). The Bertz CT molecular complexity index is 929. The SMILES string of the molecule is Cc1ccc([C@@H]2CC(=O)N3CN(c4ccc(Br)cc4)CSC3=C2C#N)o1. The molecule has 2 aliphatic rings. The van der Waals surface area contributed by atoms with E-state index in [2.05, 4.69) is 26.9 Å². The zero-order valence-corrected chi connectivity index (χ0v) is 16.5. The molecule has 0 N–H and O–H groups in total. The number of fused-ring (bicyclic) bond motifs is 1. The van der Waals surface area contributed by atoms with Gasteiger partial charge in [-0.3, -0.25) is 9.69 Å². The summed E-state index contributed by atoms with van der Waals surface area (Å²) in [5.74, 6) is 1.90. The van der Waals surface area contributed by atoms with Crippen LogP contribution >= 0.6 is 27.7 Å². The maximum absolute atomic E-state index is 12.8. The lowest BCUT2D eigenvalue weighted by molar-refractivity contribution is -0.130. The Balaban J connectivity index is 1.65. The van der Waals surface area contributed by atoms with Gasteiger partial charge in [0.05, 0.1) is 35.1 Å². The number of allylic oxidation sites excluding steroid dienone is 1. The van der Waals surface area contributed by atoms with Crippen molar-refractivity contribution in [2.45, 2.75) is 19.3 Å². The number of anilines is 1. The maximum Gasteiger partial charge on any atom is 0.230 e. The summed E-state index contributed by atoms with van der Waals surface area (Å²) in [6.45, 7) is 2.32. The van der Waals surface area contributed by atoms with Crippen LogP contribution in [0.1, 0.15) is 23.9 Å². The second-order valence-electron chi connectivity index (χ2n) is 6.29. The zero-order chi connectivity index (χ0) is 18.3. The van der Waals surface area contributed by atoms with Gasteiger partial charge in [-0.25, -0.2) is 0 Å². The fourth-order valence-electron chi connectivity index (χ4n) is 3.26. The molecule has 1 aromatic heterocycles. The first-order chi connectivity index (χ1) is 12.6. The number of carbonyl (C=O) groups is 1. The first kappa shape index (κ1) is 17.3. The van der Waals surface area contributed by atoms with Gasteiger partial charge in [-0.1, -0.05) is 27.7 Å². The Hall–Kier alpha value is -2.17. The van der Waals surface area contributed by atoms with E-state index in [1.165, 1.54) is 11.8 Å². The summed E-state index contributed by atoms with van der Waals surface area (Å²) in [5.41, 5.74) is 1.68. The van der Waals surface area contributed by atoms with E-state index in [9.17, 15) is 10.1 Å². The number of nitrogens with zero attached hydrogens (tertiary/aromatic N) is 3. The largest absolute Gasteiger partial charge is 0.466 e. The minimum Gasteiger partial charge on any atom is -0.466 e. The predicted octanol–water partition coefficient (Wildman–Crippen LogP) is 4.57. The molecule has 1 atom stereocenters. The van der Waals surface area contributed by atoms with Crippen LogP contribution in [0, 0.1) is 18.3 Å². The van der Waals surface area contributed by atoms with Crippen LogP contribution in [0.4, 0.5) is 5.69 Å². The van der Waals surface area contributed by atoms with Gasteiger partial charge in [-0.15, -0.1) is 0 Å². The lowest BCUT2D eigenvalue weighted by Crippen LogP contribution is -2.47. The number of amides is 1. The van der Waals surface area contributed by atoms with E-state index >= 15 is 0 Å². The van der Waals surface area contributed by atoms with Crippen molar-refractivity contribution in [3.63, 3.8) is 0 Å². The standard InChI is InChI=1S/C19H16BrN3O2S/c1-12-2-7-17(25-12)15-8-18(24)23-10-22(11-26-19(23)16(15)9-21)14-5-3-13(20)4-6-14/h2-7,15H,8,10-11H2,1H3/t15-/m1/s1. The molecule has 2 aliphatic heterocycles. The Labute approximate surface area is 164 Å². The average Bonchev–Trinajstić information content (AvgIpc) is 3.08. The Morgan fingerprint density at radius 1 is 1.27 bits per heavy atom. The monoisotopic (exact) mass is 429 g/mol. The molecule has 132 valence electrons. The summed E-state index contributed by atoms with van der Waals surface area (Å²) in [6, 6.07) is 14.1. The summed E-state index contributed by atoms with van der Waals surface area (Å²) in [4.78, 5) is 16.7. The van der Waals surface area contributed by atoms with Crippen LogP contribution in [-0.2, 0) is 4.79 Å². The normalized spacial score (nSPS) is 20.2. The van der Waals surface area contributed by atoms with Crippen molar-refractivity contribution in [3.05, 3.63) is 63.0 Å². The van der Waals surface area contributed by atoms with Crippen molar-refractivity contribution in [1.29, 1.82) is 5.26 Å². The van der Waals surface area contributed by atoms with Crippen molar-refractivity contribution in [3.8, 4) is 6.07 Å². The van der Waals surface area contributed by atoms with Crippen LogP contribution in [0.25, 0.3) is 0 Å². The highest BCUT2D eigenvalue weighted by Crippen LogP contribution is 2.43. The van der Waals surface area contributed by atoms with Crippen molar-refractivity contribution >= 4 is 39.3 Å². The number of benzene rings is 1. The van der Waals surface area contributed by atoms with Gasteiger partial charge in [0, 0.05) is 16.6 Å². The van der Waals surface area contributed by atoms with Gasteiger partial charge in [-0.2, -0.15) is 5.26 Å².